The average molecular weight is 346 g/mol. The van der Waals surface area contributed by atoms with Gasteiger partial charge < -0.3 is 15.4 Å². The number of ether oxygens (including phenoxy) is 1. The topological polar surface area (TPSA) is 50.4 Å². The number of urea groups is 1. The van der Waals surface area contributed by atoms with Gasteiger partial charge in [0.1, 0.15) is 5.82 Å². The molecule has 1 unspecified atom stereocenters. The first kappa shape index (κ1) is 16.8. The van der Waals surface area contributed by atoms with Crippen molar-refractivity contribution in [2.24, 2.45) is 0 Å². The highest BCUT2D eigenvalue weighted by Crippen LogP contribution is 2.37. The summed E-state index contributed by atoms with van der Waals surface area (Å²) in [4.78, 5) is 13.0. The summed E-state index contributed by atoms with van der Waals surface area (Å²) in [5, 5.41) is 5.81. The molecule has 3 rings (SSSR count). The summed E-state index contributed by atoms with van der Waals surface area (Å²) in [5.74, 6) is 0.550. The van der Waals surface area contributed by atoms with Gasteiger partial charge in [-0.05, 0) is 24.1 Å². The van der Waals surface area contributed by atoms with Crippen molar-refractivity contribution in [1.82, 2.24) is 5.32 Å². The first-order valence-corrected chi connectivity index (χ1v) is 8.73. The Morgan fingerprint density at radius 3 is 2.96 bits per heavy atom. The maximum atomic E-state index is 13.9. The van der Waals surface area contributed by atoms with Crippen LogP contribution in [0.4, 0.5) is 14.9 Å². The smallest absolute Gasteiger partial charge is 0.319 e. The van der Waals surface area contributed by atoms with Crippen molar-refractivity contribution in [3.05, 3.63) is 59.4 Å². The van der Waals surface area contributed by atoms with Gasteiger partial charge in [-0.25, -0.2) is 9.18 Å². The van der Waals surface area contributed by atoms with Gasteiger partial charge in [-0.1, -0.05) is 30.3 Å². The van der Waals surface area contributed by atoms with Crippen LogP contribution in [0.15, 0.2) is 47.4 Å². The molecule has 2 aromatic carbocycles. The number of thioether (sulfide) groups is 1. The van der Waals surface area contributed by atoms with Crippen LogP contribution < -0.4 is 10.6 Å². The fourth-order valence-electron chi connectivity index (χ4n) is 2.78. The van der Waals surface area contributed by atoms with Crippen LogP contribution in [0, 0.1) is 5.82 Å². The van der Waals surface area contributed by atoms with E-state index in [1.807, 2.05) is 30.3 Å². The van der Waals surface area contributed by atoms with Crippen LogP contribution in [0.3, 0.4) is 0 Å². The number of carbonyl (C=O) groups is 1. The van der Waals surface area contributed by atoms with Gasteiger partial charge in [0.25, 0.3) is 0 Å². The van der Waals surface area contributed by atoms with E-state index in [1.165, 1.54) is 17.8 Å². The standard InChI is InChI=1S/C18H19FN2O2S/c1-23-11-12-5-2-3-8-15(12)20-18(22)21-16-9-10-24-17-13(16)6-4-7-14(17)19/h2-8,16H,9-11H2,1H3,(H2,20,21,22). The zero-order valence-corrected chi connectivity index (χ0v) is 14.2. The van der Waals surface area contributed by atoms with Crippen molar-refractivity contribution in [3.63, 3.8) is 0 Å². The zero-order chi connectivity index (χ0) is 16.9. The number of hydrogen-bond acceptors (Lipinski definition) is 3. The molecule has 2 N–H and O–H groups in total. The van der Waals surface area contributed by atoms with E-state index in [1.54, 1.807) is 13.2 Å². The minimum Gasteiger partial charge on any atom is -0.380 e. The molecule has 2 aromatic rings. The molecular weight excluding hydrogens is 327 g/mol. The molecule has 1 aliphatic rings. The lowest BCUT2D eigenvalue weighted by Crippen LogP contribution is -2.34. The molecule has 0 bridgehead atoms. The molecular formula is C18H19FN2O2S. The molecule has 2 amide bonds. The summed E-state index contributed by atoms with van der Waals surface area (Å²) in [7, 11) is 1.61. The highest BCUT2D eigenvalue weighted by atomic mass is 32.2. The number of anilines is 1. The molecule has 0 radical (unpaired) electrons. The number of hydrogen-bond donors (Lipinski definition) is 2. The molecule has 0 spiro atoms. The van der Waals surface area contributed by atoms with Crippen LogP contribution in [0.2, 0.25) is 0 Å². The van der Waals surface area contributed by atoms with Crippen molar-refractivity contribution in [1.29, 1.82) is 0 Å². The summed E-state index contributed by atoms with van der Waals surface area (Å²) < 4.78 is 19.0. The third-order valence-electron chi connectivity index (χ3n) is 3.90. The Morgan fingerprint density at radius 2 is 2.12 bits per heavy atom. The number of fused-ring (bicyclic) bond motifs is 1. The molecule has 0 saturated carbocycles. The van der Waals surface area contributed by atoms with Crippen LogP contribution in [0.25, 0.3) is 0 Å². The van der Waals surface area contributed by atoms with E-state index < -0.39 is 0 Å². The van der Waals surface area contributed by atoms with E-state index in [4.69, 9.17) is 4.74 Å². The minimum absolute atomic E-state index is 0.188. The maximum absolute atomic E-state index is 13.9. The molecule has 4 nitrogen and oxygen atoms in total. The fraction of sp³-hybridized carbons (Fsp3) is 0.278. The quantitative estimate of drug-likeness (QED) is 0.866. The van der Waals surface area contributed by atoms with Crippen LogP contribution in [-0.4, -0.2) is 18.9 Å². The SMILES string of the molecule is COCc1ccccc1NC(=O)NC1CCSc2c(F)cccc21. The Hall–Kier alpha value is -2.05. The van der Waals surface area contributed by atoms with Gasteiger partial charge in [-0.3, -0.25) is 0 Å². The summed E-state index contributed by atoms with van der Waals surface area (Å²) >= 11 is 1.50. The zero-order valence-electron chi connectivity index (χ0n) is 13.3. The normalized spacial score (nSPS) is 16.3. The van der Waals surface area contributed by atoms with Gasteiger partial charge in [0.15, 0.2) is 0 Å². The highest BCUT2D eigenvalue weighted by molar-refractivity contribution is 7.99. The first-order chi connectivity index (χ1) is 11.7. The number of rotatable bonds is 4. The summed E-state index contributed by atoms with van der Waals surface area (Å²) in [6, 6.07) is 12.0. The molecule has 0 aliphatic carbocycles. The third-order valence-corrected chi connectivity index (χ3v) is 5.06. The molecule has 0 aromatic heterocycles. The van der Waals surface area contributed by atoms with E-state index in [0.717, 1.165) is 23.3 Å². The van der Waals surface area contributed by atoms with Crippen LogP contribution in [0.5, 0.6) is 0 Å². The Bertz CT molecular complexity index is 739. The molecule has 0 saturated heterocycles. The molecule has 1 atom stereocenters. The number of nitrogens with one attached hydrogen (secondary N) is 2. The lowest BCUT2D eigenvalue weighted by atomic mass is 10.0. The number of halogens is 1. The molecule has 6 heteroatoms. The Morgan fingerprint density at radius 1 is 1.29 bits per heavy atom. The minimum atomic E-state index is -0.300. The number of methoxy groups -OCH3 is 1. The lowest BCUT2D eigenvalue weighted by molar-refractivity contribution is 0.185. The van der Waals surface area contributed by atoms with Gasteiger partial charge in [0.2, 0.25) is 0 Å². The fourth-order valence-corrected chi connectivity index (χ4v) is 3.92. The Labute approximate surface area is 144 Å². The van der Waals surface area contributed by atoms with Gasteiger partial charge in [0.05, 0.1) is 12.6 Å². The number of benzene rings is 2. The second kappa shape index (κ2) is 7.68. The molecule has 126 valence electrons. The average Bonchev–Trinajstić information content (AvgIpc) is 2.58. The molecule has 24 heavy (non-hydrogen) atoms. The molecule has 0 fully saturated rings. The summed E-state index contributed by atoms with van der Waals surface area (Å²) in [6.07, 6.45) is 0.772. The van der Waals surface area contributed by atoms with Gasteiger partial charge in [-0.15, -0.1) is 11.8 Å². The Balaban J connectivity index is 1.72. The van der Waals surface area contributed by atoms with Gasteiger partial charge in [0, 0.05) is 29.0 Å². The van der Waals surface area contributed by atoms with Crippen LogP contribution in [-0.2, 0) is 11.3 Å². The second-order valence-electron chi connectivity index (χ2n) is 5.54. The van der Waals surface area contributed by atoms with Crippen LogP contribution >= 0.6 is 11.8 Å². The molecule has 1 aliphatic heterocycles. The van der Waals surface area contributed by atoms with Crippen molar-refractivity contribution in [3.8, 4) is 0 Å². The maximum Gasteiger partial charge on any atom is 0.319 e. The Kier molecular flexibility index (Phi) is 5.37. The van der Waals surface area contributed by atoms with E-state index in [-0.39, 0.29) is 17.9 Å². The monoisotopic (exact) mass is 346 g/mol. The summed E-state index contributed by atoms with van der Waals surface area (Å²) in [5.41, 5.74) is 2.45. The first-order valence-electron chi connectivity index (χ1n) is 7.74. The van der Waals surface area contributed by atoms with Gasteiger partial charge in [-0.2, -0.15) is 0 Å². The number of para-hydroxylation sites is 1. The predicted octanol–water partition coefficient (Wildman–Crippen LogP) is 4.33. The lowest BCUT2D eigenvalue weighted by Gasteiger charge is -2.26. The van der Waals surface area contributed by atoms with Crippen LogP contribution in [0.1, 0.15) is 23.6 Å². The second-order valence-corrected chi connectivity index (χ2v) is 6.64. The van der Waals surface area contributed by atoms with Crippen molar-refractivity contribution in [2.45, 2.75) is 24.0 Å². The number of carbonyl (C=O) groups excluding carboxylic acids is 1. The number of amides is 2. The third kappa shape index (κ3) is 3.71. The molecule has 1 heterocycles. The summed E-state index contributed by atoms with van der Waals surface area (Å²) in [6.45, 7) is 0.421. The predicted molar refractivity (Wildman–Crippen MR) is 93.8 cm³/mol. The van der Waals surface area contributed by atoms with Crippen molar-refractivity contribution >= 4 is 23.5 Å². The van der Waals surface area contributed by atoms with Gasteiger partial charge >= 0.3 is 6.03 Å². The van der Waals surface area contributed by atoms with Crippen molar-refractivity contribution in [2.75, 3.05) is 18.2 Å². The van der Waals surface area contributed by atoms with Crippen molar-refractivity contribution < 1.29 is 13.9 Å². The largest absolute Gasteiger partial charge is 0.380 e. The van der Waals surface area contributed by atoms with E-state index in [0.29, 0.717) is 17.2 Å². The van der Waals surface area contributed by atoms with E-state index in [2.05, 4.69) is 10.6 Å². The van der Waals surface area contributed by atoms with E-state index >= 15 is 0 Å². The van der Waals surface area contributed by atoms with E-state index in [9.17, 15) is 9.18 Å². The highest BCUT2D eigenvalue weighted by Gasteiger charge is 2.24.